The van der Waals surface area contributed by atoms with E-state index in [1.807, 2.05) is 0 Å². The van der Waals surface area contributed by atoms with Gasteiger partial charge in [0.2, 0.25) is 0 Å². The van der Waals surface area contributed by atoms with Crippen LogP contribution in [0.3, 0.4) is 0 Å². The number of aliphatic hydroxyl groups excluding tert-OH is 2. The maximum atomic E-state index is 10.7. The van der Waals surface area contributed by atoms with E-state index in [0.29, 0.717) is 13.0 Å². The van der Waals surface area contributed by atoms with Crippen molar-refractivity contribution in [3.8, 4) is 0 Å². The van der Waals surface area contributed by atoms with Crippen LogP contribution in [-0.4, -0.2) is 46.0 Å². The summed E-state index contributed by atoms with van der Waals surface area (Å²) in [5.74, 6) is -1.09. The van der Waals surface area contributed by atoms with E-state index < -0.39 is 18.2 Å². The molecule has 0 spiro atoms. The standard InChI is InChI=1S/C11H16N2O4/c1-12-4-3-9(14)10(15)8-6-7(11(16)17)2-5-13-8/h2,5-6,9-10,12,14-15H,3-4H2,1H3,(H,16,17). The number of carbonyl (C=O) groups is 1. The molecule has 2 unspecified atom stereocenters. The predicted octanol–water partition coefficient (Wildman–Crippen LogP) is -0.216. The molecule has 4 N–H and O–H groups in total. The van der Waals surface area contributed by atoms with Gasteiger partial charge in [-0.15, -0.1) is 0 Å². The molecule has 0 aliphatic carbocycles. The molecule has 2 atom stereocenters. The molecule has 0 radical (unpaired) electrons. The monoisotopic (exact) mass is 240 g/mol. The molecule has 0 bridgehead atoms. The number of hydrogen-bond donors (Lipinski definition) is 4. The van der Waals surface area contributed by atoms with Crippen LogP contribution in [0, 0.1) is 0 Å². The molecule has 1 rings (SSSR count). The number of carboxylic acids is 1. The lowest BCUT2D eigenvalue weighted by Crippen LogP contribution is -2.24. The van der Waals surface area contributed by atoms with Crippen molar-refractivity contribution >= 4 is 5.97 Å². The smallest absolute Gasteiger partial charge is 0.335 e. The van der Waals surface area contributed by atoms with Gasteiger partial charge in [-0.25, -0.2) is 4.79 Å². The number of aromatic nitrogens is 1. The number of nitrogens with one attached hydrogen (secondary N) is 1. The van der Waals surface area contributed by atoms with Crippen LogP contribution < -0.4 is 5.32 Å². The molecule has 6 heteroatoms. The second-order valence-corrected chi connectivity index (χ2v) is 3.68. The summed E-state index contributed by atoms with van der Waals surface area (Å²) >= 11 is 0. The Morgan fingerprint density at radius 2 is 2.24 bits per heavy atom. The first-order valence-corrected chi connectivity index (χ1v) is 5.26. The van der Waals surface area contributed by atoms with Gasteiger partial charge in [-0.3, -0.25) is 4.98 Å². The first kappa shape index (κ1) is 13.6. The second-order valence-electron chi connectivity index (χ2n) is 3.68. The quantitative estimate of drug-likeness (QED) is 0.548. The fourth-order valence-corrected chi connectivity index (χ4v) is 1.39. The zero-order valence-corrected chi connectivity index (χ0v) is 9.50. The fraction of sp³-hybridized carbons (Fsp3) is 0.455. The Morgan fingerprint density at radius 1 is 1.53 bits per heavy atom. The summed E-state index contributed by atoms with van der Waals surface area (Å²) in [4.78, 5) is 14.6. The highest BCUT2D eigenvalue weighted by Gasteiger charge is 2.20. The van der Waals surface area contributed by atoms with E-state index in [-0.39, 0.29) is 11.3 Å². The predicted molar refractivity (Wildman–Crippen MR) is 60.7 cm³/mol. The first-order valence-electron chi connectivity index (χ1n) is 5.26. The molecule has 0 fully saturated rings. The van der Waals surface area contributed by atoms with Gasteiger partial charge in [-0.2, -0.15) is 0 Å². The average Bonchev–Trinajstić information content (AvgIpc) is 2.35. The molecule has 6 nitrogen and oxygen atoms in total. The third-order valence-electron chi connectivity index (χ3n) is 2.39. The molecule has 0 aliphatic rings. The van der Waals surface area contributed by atoms with Crippen molar-refractivity contribution in [1.82, 2.24) is 10.3 Å². The third kappa shape index (κ3) is 3.77. The van der Waals surface area contributed by atoms with Crippen LogP contribution in [0.25, 0.3) is 0 Å². The third-order valence-corrected chi connectivity index (χ3v) is 2.39. The summed E-state index contributed by atoms with van der Waals surface area (Å²) in [6.07, 6.45) is -0.495. The minimum absolute atomic E-state index is 0.0369. The summed E-state index contributed by atoms with van der Waals surface area (Å²) in [5, 5.41) is 31.1. The van der Waals surface area contributed by atoms with Crippen molar-refractivity contribution in [1.29, 1.82) is 0 Å². The van der Waals surface area contributed by atoms with Crippen LogP contribution in [0.5, 0.6) is 0 Å². The highest BCUT2D eigenvalue weighted by Crippen LogP contribution is 2.17. The van der Waals surface area contributed by atoms with Crippen LogP contribution in [-0.2, 0) is 0 Å². The van der Waals surface area contributed by atoms with E-state index in [2.05, 4.69) is 10.3 Å². The number of nitrogens with zero attached hydrogens (tertiary/aromatic N) is 1. The summed E-state index contributed by atoms with van der Waals surface area (Å²) < 4.78 is 0. The van der Waals surface area contributed by atoms with Crippen LogP contribution in [0.2, 0.25) is 0 Å². The van der Waals surface area contributed by atoms with Crippen LogP contribution >= 0.6 is 0 Å². The van der Waals surface area contributed by atoms with E-state index in [1.54, 1.807) is 7.05 Å². The lowest BCUT2D eigenvalue weighted by molar-refractivity contribution is 0.0114. The molecule has 0 aromatic carbocycles. The molecule has 0 amide bonds. The Hall–Kier alpha value is -1.50. The van der Waals surface area contributed by atoms with Crippen molar-refractivity contribution in [2.45, 2.75) is 18.6 Å². The zero-order chi connectivity index (χ0) is 12.8. The van der Waals surface area contributed by atoms with Crippen molar-refractivity contribution < 1.29 is 20.1 Å². The highest BCUT2D eigenvalue weighted by molar-refractivity contribution is 5.87. The van der Waals surface area contributed by atoms with Gasteiger partial charge < -0.3 is 20.6 Å². The maximum Gasteiger partial charge on any atom is 0.335 e. The molecule has 94 valence electrons. The Labute approximate surface area is 98.9 Å². The van der Waals surface area contributed by atoms with Crippen LogP contribution in [0.4, 0.5) is 0 Å². The summed E-state index contributed by atoms with van der Waals surface area (Å²) in [5.41, 5.74) is 0.198. The number of aromatic carboxylic acids is 1. The fourth-order valence-electron chi connectivity index (χ4n) is 1.39. The minimum atomic E-state index is -1.18. The molecule has 1 heterocycles. The van der Waals surface area contributed by atoms with Crippen molar-refractivity contribution in [3.63, 3.8) is 0 Å². The van der Waals surface area contributed by atoms with Crippen LogP contribution in [0.15, 0.2) is 18.3 Å². The number of pyridine rings is 1. The molecule has 1 aromatic rings. The Balaban J connectivity index is 2.77. The van der Waals surface area contributed by atoms with E-state index in [0.717, 1.165) is 0 Å². The topological polar surface area (TPSA) is 103 Å². The highest BCUT2D eigenvalue weighted by atomic mass is 16.4. The van der Waals surface area contributed by atoms with Crippen molar-refractivity contribution in [2.24, 2.45) is 0 Å². The Bertz CT molecular complexity index is 383. The lowest BCUT2D eigenvalue weighted by Gasteiger charge is -2.17. The second kappa shape index (κ2) is 6.29. The summed E-state index contributed by atoms with van der Waals surface area (Å²) in [6, 6.07) is 2.59. The Morgan fingerprint density at radius 3 is 2.82 bits per heavy atom. The van der Waals surface area contributed by atoms with E-state index in [1.165, 1.54) is 18.3 Å². The van der Waals surface area contributed by atoms with E-state index in [4.69, 9.17) is 5.11 Å². The maximum absolute atomic E-state index is 10.7. The lowest BCUT2D eigenvalue weighted by atomic mass is 10.1. The SMILES string of the molecule is CNCCC(O)C(O)c1cc(C(=O)O)ccn1. The molecular formula is C11H16N2O4. The van der Waals surface area contributed by atoms with Gasteiger partial charge in [0.25, 0.3) is 0 Å². The molecule has 17 heavy (non-hydrogen) atoms. The minimum Gasteiger partial charge on any atom is -0.478 e. The molecule has 0 aliphatic heterocycles. The summed E-state index contributed by atoms with van der Waals surface area (Å²) in [6.45, 7) is 0.552. The van der Waals surface area contributed by atoms with Gasteiger partial charge in [-0.05, 0) is 32.1 Å². The normalized spacial score (nSPS) is 14.3. The van der Waals surface area contributed by atoms with Crippen molar-refractivity contribution in [3.05, 3.63) is 29.6 Å². The first-order chi connectivity index (χ1) is 8.06. The zero-order valence-electron chi connectivity index (χ0n) is 9.50. The van der Waals surface area contributed by atoms with E-state index >= 15 is 0 Å². The molecule has 1 aromatic heterocycles. The number of aliphatic hydroxyl groups is 2. The van der Waals surface area contributed by atoms with Gasteiger partial charge in [0.15, 0.2) is 0 Å². The molecular weight excluding hydrogens is 224 g/mol. The largest absolute Gasteiger partial charge is 0.478 e. The summed E-state index contributed by atoms with van der Waals surface area (Å²) in [7, 11) is 1.74. The van der Waals surface area contributed by atoms with Gasteiger partial charge in [0.05, 0.1) is 17.4 Å². The van der Waals surface area contributed by atoms with Gasteiger partial charge >= 0.3 is 5.97 Å². The number of carboxylic acid groups (broad SMARTS) is 1. The Kier molecular flexibility index (Phi) is 5.02. The van der Waals surface area contributed by atoms with Gasteiger partial charge in [0.1, 0.15) is 6.10 Å². The number of rotatable bonds is 6. The molecule has 0 saturated heterocycles. The average molecular weight is 240 g/mol. The van der Waals surface area contributed by atoms with E-state index in [9.17, 15) is 15.0 Å². The number of hydrogen-bond acceptors (Lipinski definition) is 5. The van der Waals surface area contributed by atoms with Crippen LogP contribution in [0.1, 0.15) is 28.6 Å². The molecule has 0 saturated carbocycles. The van der Waals surface area contributed by atoms with Gasteiger partial charge in [0, 0.05) is 6.20 Å². The van der Waals surface area contributed by atoms with Gasteiger partial charge in [-0.1, -0.05) is 0 Å². The van der Waals surface area contributed by atoms with Crippen molar-refractivity contribution in [2.75, 3.05) is 13.6 Å².